The molecule has 3 aliphatic carbocycles. The van der Waals surface area contributed by atoms with Crippen molar-refractivity contribution in [3.05, 3.63) is 300 Å². The minimum atomic E-state index is -0.514. The molecule has 2 nitrogen and oxygen atoms in total. The molecular weight excluding hydrogens is 869 g/mol. The van der Waals surface area contributed by atoms with Gasteiger partial charge in [-0.1, -0.05) is 214 Å². The number of hydrogen-bond acceptors (Lipinski definition) is 2. The largest absolute Gasteiger partial charge is 0.310 e. The molecule has 1 spiro atoms. The fourth-order valence-corrected chi connectivity index (χ4v) is 12.6. The van der Waals surface area contributed by atoms with Crippen molar-refractivity contribution in [2.75, 3.05) is 9.80 Å². The van der Waals surface area contributed by atoms with Gasteiger partial charge in [-0.05, 0) is 150 Å². The van der Waals surface area contributed by atoms with E-state index in [1.807, 2.05) is 0 Å². The first-order valence-corrected chi connectivity index (χ1v) is 25.2. The molecule has 3 aliphatic rings. The molecule has 0 radical (unpaired) electrons. The molecule has 72 heavy (non-hydrogen) atoms. The first-order chi connectivity index (χ1) is 35.5. The van der Waals surface area contributed by atoms with Crippen molar-refractivity contribution in [1.82, 2.24) is 0 Å². The van der Waals surface area contributed by atoms with E-state index in [4.69, 9.17) is 0 Å². The molecule has 11 aromatic carbocycles. The second-order valence-corrected chi connectivity index (χ2v) is 20.0. The van der Waals surface area contributed by atoms with E-state index in [-0.39, 0.29) is 5.41 Å². The summed E-state index contributed by atoms with van der Waals surface area (Å²) >= 11 is 0. The number of benzene rings is 11. The zero-order chi connectivity index (χ0) is 48.0. The molecule has 0 aliphatic heterocycles. The Balaban J connectivity index is 0.949. The maximum absolute atomic E-state index is 2.47. The van der Waals surface area contributed by atoms with Gasteiger partial charge in [0.1, 0.15) is 0 Å². The highest BCUT2D eigenvalue weighted by Crippen LogP contribution is 2.64. The van der Waals surface area contributed by atoms with Gasteiger partial charge < -0.3 is 9.80 Å². The zero-order valence-corrected chi connectivity index (χ0v) is 40.3. The highest BCUT2D eigenvalue weighted by molar-refractivity contribution is 5.99. The van der Waals surface area contributed by atoms with Crippen LogP contribution in [0, 0.1) is 0 Å². The minimum absolute atomic E-state index is 0.138. The van der Waals surface area contributed by atoms with Crippen LogP contribution in [0.4, 0.5) is 34.1 Å². The van der Waals surface area contributed by atoms with Gasteiger partial charge in [-0.3, -0.25) is 0 Å². The van der Waals surface area contributed by atoms with Gasteiger partial charge in [-0.2, -0.15) is 0 Å². The third-order valence-electron chi connectivity index (χ3n) is 15.9. The molecule has 11 aromatic rings. The van der Waals surface area contributed by atoms with Crippen LogP contribution in [0.15, 0.2) is 267 Å². The van der Waals surface area contributed by atoms with Gasteiger partial charge in [0, 0.05) is 39.4 Å². The average Bonchev–Trinajstić information content (AvgIpc) is 4.00. The summed E-state index contributed by atoms with van der Waals surface area (Å²) in [5.74, 6) is 0. The number of rotatable bonds is 8. The zero-order valence-electron chi connectivity index (χ0n) is 40.3. The summed E-state index contributed by atoms with van der Waals surface area (Å²) in [6.07, 6.45) is 0. The molecule has 0 bridgehead atoms. The quantitative estimate of drug-likeness (QED) is 0.150. The molecule has 1 unspecified atom stereocenters. The smallest absolute Gasteiger partial charge is 0.0725 e. The Hall–Kier alpha value is -8.98. The van der Waals surface area contributed by atoms with Gasteiger partial charge in [-0.25, -0.2) is 0 Å². The van der Waals surface area contributed by atoms with Crippen molar-refractivity contribution in [3.8, 4) is 55.6 Å². The first-order valence-electron chi connectivity index (χ1n) is 25.2. The predicted octanol–water partition coefficient (Wildman–Crippen LogP) is 18.6. The number of fused-ring (bicyclic) bond motifs is 13. The van der Waals surface area contributed by atoms with Crippen molar-refractivity contribution in [1.29, 1.82) is 0 Å². The summed E-state index contributed by atoms with van der Waals surface area (Å²) in [7, 11) is 0. The molecule has 0 aromatic heterocycles. The van der Waals surface area contributed by atoms with Crippen LogP contribution in [0.5, 0.6) is 0 Å². The first kappa shape index (κ1) is 41.9. The highest BCUT2D eigenvalue weighted by Gasteiger charge is 2.52. The van der Waals surface area contributed by atoms with Crippen molar-refractivity contribution < 1.29 is 0 Å². The summed E-state index contributed by atoms with van der Waals surface area (Å²) in [5, 5.41) is 0. The number of nitrogens with zero attached hydrogens (tertiary/aromatic N) is 2. The lowest BCUT2D eigenvalue weighted by Crippen LogP contribution is -2.26. The van der Waals surface area contributed by atoms with Gasteiger partial charge in [-0.15, -0.1) is 0 Å². The lowest BCUT2D eigenvalue weighted by molar-refractivity contribution is 0.660. The van der Waals surface area contributed by atoms with Gasteiger partial charge in [0.25, 0.3) is 0 Å². The molecule has 2 heteroatoms. The summed E-state index contributed by atoms with van der Waals surface area (Å²) in [4.78, 5) is 4.90. The Morgan fingerprint density at radius 1 is 0.236 bits per heavy atom. The fourth-order valence-electron chi connectivity index (χ4n) is 12.6. The van der Waals surface area contributed by atoms with Crippen LogP contribution in [0.1, 0.15) is 47.2 Å². The highest BCUT2D eigenvalue weighted by atomic mass is 15.1. The van der Waals surface area contributed by atoms with E-state index in [1.165, 1.54) is 89.0 Å². The molecule has 0 saturated heterocycles. The molecule has 0 amide bonds. The lowest BCUT2D eigenvalue weighted by atomic mass is 9.70. The van der Waals surface area contributed by atoms with Crippen molar-refractivity contribution in [2.24, 2.45) is 0 Å². The average molecular weight is 919 g/mol. The summed E-state index contributed by atoms with van der Waals surface area (Å²) in [6, 6.07) is 99.0. The van der Waals surface area contributed by atoms with Crippen LogP contribution < -0.4 is 9.80 Å². The second-order valence-electron chi connectivity index (χ2n) is 20.0. The minimum Gasteiger partial charge on any atom is -0.310 e. The number of anilines is 6. The van der Waals surface area contributed by atoms with Gasteiger partial charge in [0.2, 0.25) is 0 Å². The third kappa shape index (κ3) is 6.22. The molecule has 340 valence electrons. The Morgan fingerprint density at radius 2 is 0.625 bits per heavy atom. The third-order valence-corrected chi connectivity index (χ3v) is 15.9. The molecular formula is C70H50N2. The molecule has 0 fully saturated rings. The van der Waals surface area contributed by atoms with Crippen molar-refractivity contribution >= 4 is 34.1 Å². The molecule has 14 rings (SSSR count). The van der Waals surface area contributed by atoms with Crippen LogP contribution in [0.25, 0.3) is 55.6 Å². The lowest BCUT2D eigenvalue weighted by Gasteiger charge is -2.32. The van der Waals surface area contributed by atoms with E-state index in [0.717, 1.165) is 34.1 Å². The normalized spacial score (nSPS) is 15.0. The van der Waals surface area contributed by atoms with Crippen LogP contribution in [0.3, 0.4) is 0 Å². The maximum atomic E-state index is 2.47. The molecule has 0 N–H and O–H groups in total. The van der Waals surface area contributed by atoms with Crippen molar-refractivity contribution in [2.45, 2.75) is 24.7 Å². The number of hydrogen-bond donors (Lipinski definition) is 0. The standard InChI is InChI=1S/C70H50N2/c1-69(2)62-30-16-12-27-56(62)59-41-38-54(46-67(59)69)71(51-36-34-48(35-37-51)47-20-6-3-7-21-47)52-39-42-65-60(44-52)57-28-13-17-31-63(57)70(65)64-32-18-14-29-58(64)61-45-53(40-43-66(61)70)72(50-24-10-5-11-25-50)68-33-19-15-26-55(68)49-22-8-4-9-23-49/h3-46H,1-2H3. The maximum Gasteiger partial charge on any atom is 0.0725 e. The fraction of sp³-hybridized carbons (Fsp3) is 0.0571. The van der Waals surface area contributed by atoms with E-state index in [1.54, 1.807) is 0 Å². The molecule has 0 saturated carbocycles. The van der Waals surface area contributed by atoms with Crippen LogP contribution in [0.2, 0.25) is 0 Å². The van der Waals surface area contributed by atoms with E-state index >= 15 is 0 Å². The van der Waals surface area contributed by atoms with Crippen LogP contribution >= 0.6 is 0 Å². The van der Waals surface area contributed by atoms with Gasteiger partial charge in [0.15, 0.2) is 0 Å². The van der Waals surface area contributed by atoms with Gasteiger partial charge >= 0.3 is 0 Å². The van der Waals surface area contributed by atoms with E-state index in [9.17, 15) is 0 Å². The summed E-state index contributed by atoms with van der Waals surface area (Å²) in [6.45, 7) is 4.74. The van der Waals surface area contributed by atoms with Gasteiger partial charge in [0.05, 0.1) is 11.1 Å². The monoisotopic (exact) mass is 918 g/mol. The summed E-state index contributed by atoms with van der Waals surface area (Å²) in [5.41, 5.74) is 26.6. The second kappa shape index (κ2) is 16.3. The summed E-state index contributed by atoms with van der Waals surface area (Å²) < 4.78 is 0. The molecule has 1 atom stereocenters. The predicted molar refractivity (Wildman–Crippen MR) is 301 cm³/mol. The Morgan fingerprint density at radius 3 is 1.24 bits per heavy atom. The Kier molecular flexibility index (Phi) is 9.50. The number of para-hydroxylation sites is 2. The van der Waals surface area contributed by atoms with E-state index in [2.05, 4.69) is 291 Å². The van der Waals surface area contributed by atoms with Crippen LogP contribution in [-0.2, 0) is 10.8 Å². The van der Waals surface area contributed by atoms with Crippen LogP contribution in [-0.4, -0.2) is 0 Å². The van der Waals surface area contributed by atoms with Crippen molar-refractivity contribution in [3.63, 3.8) is 0 Å². The topological polar surface area (TPSA) is 6.48 Å². The van der Waals surface area contributed by atoms with E-state index in [0.29, 0.717) is 0 Å². The molecule has 0 heterocycles. The Bertz CT molecular complexity index is 3890. The SMILES string of the molecule is CC1(C)c2ccccc2-c2ccc(N(c3ccc(-c4ccccc4)cc3)c3ccc4c(c3)-c3ccccc3C43c4ccccc4-c4cc(N(c5ccccc5)c5ccccc5-c5ccccc5)ccc43)cc21. The Labute approximate surface area is 422 Å². The van der Waals surface area contributed by atoms with E-state index < -0.39 is 5.41 Å².